The summed E-state index contributed by atoms with van der Waals surface area (Å²) in [7, 11) is 0. The molecule has 0 aromatic heterocycles. The van der Waals surface area contributed by atoms with Crippen LogP contribution in [0.2, 0.25) is 0 Å². The second kappa shape index (κ2) is 5.35. The molecule has 4 heteroatoms. The van der Waals surface area contributed by atoms with Crippen LogP contribution >= 0.6 is 0 Å². The first-order valence-electron chi connectivity index (χ1n) is 9.42. The van der Waals surface area contributed by atoms with Crippen molar-refractivity contribution >= 4 is 6.09 Å². The third kappa shape index (κ3) is 2.18. The Kier molecular flexibility index (Phi) is 3.61. The third-order valence-electron chi connectivity index (χ3n) is 7.92. The molecule has 0 spiro atoms. The van der Waals surface area contributed by atoms with Gasteiger partial charge < -0.3 is 15.5 Å². The minimum Gasteiger partial charge on any atom is -0.465 e. The van der Waals surface area contributed by atoms with Gasteiger partial charge in [-0.25, -0.2) is 4.79 Å². The van der Waals surface area contributed by atoms with Gasteiger partial charge in [-0.1, -0.05) is 37.6 Å². The molecule has 0 aromatic rings. The van der Waals surface area contributed by atoms with Gasteiger partial charge in [-0.15, -0.1) is 0 Å². The van der Waals surface area contributed by atoms with Crippen LogP contribution in [0.3, 0.4) is 0 Å². The fourth-order valence-corrected chi connectivity index (χ4v) is 6.54. The summed E-state index contributed by atoms with van der Waals surface area (Å²) >= 11 is 0. The highest BCUT2D eigenvalue weighted by atomic mass is 16.4. The van der Waals surface area contributed by atoms with E-state index in [1.165, 1.54) is 24.8 Å². The summed E-state index contributed by atoms with van der Waals surface area (Å²) in [6.07, 6.45) is 12.0. The van der Waals surface area contributed by atoms with Crippen molar-refractivity contribution in [3.63, 3.8) is 0 Å². The van der Waals surface area contributed by atoms with Gasteiger partial charge in [0, 0.05) is 5.41 Å². The van der Waals surface area contributed by atoms with Gasteiger partial charge in [0.15, 0.2) is 0 Å². The van der Waals surface area contributed by atoms with E-state index < -0.39 is 6.09 Å². The molecule has 0 heterocycles. The molecule has 0 aromatic carbocycles. The minimum absolute atomic E-state index is 0.0640. The molecule has 1 amide bonds. The number of hydrogen-bond donors (Lipinski definition) is 3. The van der Waals surface area contributed by atoms with Crippen molar-refractivity contribution in [1.82, 2.24) is 5.32 Å². The molecule has 4 rings (SSSR count). The molecule has 7 atom stereocenters. The fraction of sp³-hybridized carbons (Fsp3) is 0.750. The normalized spacial score (nSPS) is 49.6. The van der Waals surface area contributed by atoms with Crippen LogP contribution in [0, 0.1) is 28.6 Å². The van der Waals surface area contributed by atoms with E-state index in [1.54, 1.807) is 0 Å². The Morgan fingerprint density at radius 3 is 2.75 bits per heavy atom. The van der Waals surface area contributed by atoms with Crippen LogP contribution in [-0.2, 0) is 0 Å². The lowest BCUT2D eigenvalue weighted by Crippen LogP contribution is -2.51. The maximum Gasteiger partial charge on any atom is 0.405 e. The molecule has 24 heavy (non-hydrogen) atoms. The molecule has 0 bridgehead atoms. The lowest BCUT2D eigenvalue weighted by atomic mass is 9.48. The molecule has 132 valence electrons. The summed E-state index contributed by atoms with van der Waals surface area (Å²) in [5.41, 5.74) is 1.59. The van der Waals surface area contributed by atoms with Gasteiger partial charge in [0.2, 0.25) is 0 Å². The number of rotatable bonds is 1. The molecule has 3 N–H and O–H groups in total. The minimum atomic E-state index is -0.966. The molecule has 3 fully saturated rings. The Morgan fingerprint density at radius 2 is 2.00 bits per heavy atom. The van der Waals surface area contributed by atoms with E-state index in [-0.39, 0.29) is 23.0 Å². The zero-order chi connectivity index (χ0) is 17.1. The maximum absolute atomic E-state index is 10.9. The number of carboxylic acid groups (broad SMARTS) is 1. The summed E-state index contributed by atoms with van der Waals surface area (Å²) < 4.78 is 0. The average molecular weight is 331 g/mol. The predicted molar refractivity (Wildman–Crippen MR) is 92.6 cm³/mol. The van der Waals surface area contributed by atoms with Gasteiger partial charge in [0.1, 0.15) is 0 Å². The van der Waals surface area contributed by atoms with Gasteiger partial charge in [-0.2, -0.15) is 0 Å². The van der Waals surface area contributed by atoms with Crippen LogP contribution < -0.4 is 5.32 Å². The molecule has 3 saturated carbocycles. The van der Waals surface area contributed by atoms with Crippen LogP contribution in [-0.4, -0.2) is 28.5 Å². The van der Waals surface area contributed by atoms with Crippen LogP contribution in [0.5, 0.6) is 0 Å². The Bertz CT molecular complexity index is 612. The first-order valence-corrected chi connectivity index (χ1v) is 9.42. The second-order valence-corrected chi connectivity index (χ2v) is 8.86. The molecule has 0 radical (unpaired) electrons. The highest BCUT2D eigenvalue weighted by Gasteiger charge is 2.58. The first kappa shape index (κ1) is 16.2. The predicted octanol–water partition coefficient (Wildman–Crippen LogP) is 3.72. The van der Waals surface area contributed by atoms with E-state index in [1.807, 2.05) is 6.08 Å². The van der Waals surface area contributed by atoms with Crippen molar-refractivity contribution in [2.24, 2.45) is 28.6 Å². The third-order valence-corrected chi connectivity index (χ3v) is 7.92. The lowest BCUT2D eigenvalue weighted by Gasteiger charge is -2.57. The molecule has 4 aliphatic rings. The van der Waals surface area contributed by atoms with Crippen LogP contribution in [0.25, 0.3) is 0 Å². The monoisotopic (exact) mass is 331 g/mol. The van der Waals surface area contributed by atoms with Gasteiger partial charge in [-0.05, 0) is 61.7 Å². The molecule has 4 aliphatic carbocycles. The number of aliphatic hydroxyl groups is 1. The van der Waals surface area contributed by atoms with Crippen molar-refractivity contribution in [2.45, 2.75) is 64.5 Å². The molecule has 0 saturated heterocycles. The average Bonchev–Trinajstić information content (AvgIpc) is 2.83. The summed E-state index contributed by atoms with van der Waals surface area (Å²) in [6.45, 7) is 4.65. The summed E-state index contributed by atoms with van der Waals surface area (Å²) in [5.74, 6) is 1.97. The van der Waals surface area contributed by atoms with Gasteiger partial charge >= 0.3 is 6.09 Å². The van der Waals surface area contributed by atoms with E-state index >= 15 is 0 Å². The van der Waals surface area contributed by atoms with Crippen molar-refractivity contribution in [3.05, 3.63) is 23.8 Å². The Balaban J connectivity index is 1.61. The van der Waals surface area contributed by atoms with E-state index in [0.717, 1.165) is 19.3 Å². The molecule has 4 nitrogen and oxygen atoms in total. The highest BCUT2D eigenvalue weighted by Crippen LogP contribution is 2.64. The Labute approximate surface area is 144 Å². The van der Waals surface area contributed by atoms with E-state index in [4.69, 9.17) is 5.11 Å². The lowest BCUT2D eigenvalue weighted by molar-refractivity contribution is -0.0617. The fourth-order valence-electron chi connectivity index (χ4n) is 6.54. The molecular weight excluding hydrogens is 302 g/mol. The number of carbonyl (C=O) groups is 1. The number of allylic oxidation sites excluding steroid dienone is 2. The van der Waals surface area contributed by atoms with Crippen molar-refractivity contribution in [1.29, 1.82) is 0 Å². The standard InChI is InChI=1S/C20H29NO3/c1-19-9-7-13(21-18(23)24)11-12(19)3-4-14-15-5-6-17(22)20(15,2)10-8-16(14)19/h7,9,11,13-17,21-22H,3-6,8,10H2,1-2H3,(H,23,24)/t13?,14?,15?,16?,17-,19+,20+/m1/s1. The van der Waals surface area contributed by atoms with Crippen LogP contribution in [0.4, 0.5) is 4.79 Å². The van der Waals surface area contributed by atoms with Crippen LogP contribution in [0.15, 0.2) is 23.8 Å². The topological polar surface area (TPSA) is 69.6 Å². The van der Waals surface area contributed by atoms with Crippen LogP contribution in [0.1, 0.15) is 52.4 Å². The zero-order valence-electron chi connectivity index (χ0n) is 14.7. The number of nitrogens with one attached hydrogen (secondary N) is 1. The van der Waals surface area contributed by atoms with Gasteiger partial charge in [-0.3, -0.25) is 0 Å². The van der Waals surface area contributed by atoms with Gasteiger partial charge in [0.05, 0.1) is 12.1 Å². The van der Waals surface area contributed by atoms with E-state index in [9.17, 15) is 9.90 Å². The SMILES string of the molecule is C[C@]12C=CC(NC(=O)O)C=C1CCC1C2CC[C@@]2(C)C1CC[C@H]2O. The molecule has 0 aliphatic heterocycles. The van der Waals surface area contributed by atoms with E-state index in [0.29, 0.717) is 17.8 Å². The Hall–Kier alpha value is -1.29. The number of hydrogen-bond acceptors (Lipinski definition) is 2. The molecule has 4 unspecified atom stereocenters. The van der Waals surface area contributed by atoms with Crippen molar-refractivity contribution in [2.75, 3.05) is 0 Å². The zero-order valence-corrected chi connectivity index (χ0v) is 14.7. The van der Waals surface area contributed by atoms with Crippen molar-refractivity contribution in [3.8, 4) is 0 Å². The number of amides is 1. The number of aliphatic hydroxyl groups excluding tert-OH is 1. The number of fused-ring (bicyclic) bond motifs is 5. The Morgan fingerprint density at radius 1 is 1.21 bits per heavy atom. The highest BCUT2D eigenvalue weighted by molar-refractivity contribution is 5.66. The summed E-state index contributed by atoms with van der Waals surface area (Å²) in [5, 5.41) is 22.0. The summed E-state index contributed by atoms with van der Waals surface area (Å²) in [6, 6.07) is -0.190. The van der Waals surface area contributed by atoms with Gasteiger partial charge in [0.25, 0.3) is 0 Å². The quantitative estimate of drug-likeness (QED) is 0.641. The first-order chi connectivity index (χ1) is 11.3. The largest absolute Gasteiger partial charge is 0.465 e. The smallest absolute Gasteiger partial charge is 0.405 e. The second-order valence-electron chi connectivity index (χ2n) is 8.86. The summed E-state index contributed by atoms with van der Waals surface area (Å²) in [4.78, 5) is 10.9. The van der Waals surface area contributed by atoms with E-state index in [2.05, 4.69) is 31.3 Å². The van der Waals surface area contributed by atoms with Crippen molar-refractivity contribution < 1.29 is 15.0 Å². The molecular formula is C20H29NO3. The maximum atomic E-state index is 10.9.